The third-order valence-corrected chi connectivity index (χ3v) is 4.01. The van der Waals surface area contributed by atoms with Gasteiger partial charge in [0, 0.05) is 0 Å². The summed E-state index contributed by atoms with van der Waals surface area (Å²) in [6.45, 7) is 3.69. The Morgan fingerprint density at radius 2 is 2.07 bits per heavy atom. The lowest BCUT2D eigenvalue weighted by Crippen LogP contribution is -2.46. The molecule has 1 unspecified atom stereocenters. The smallest absolute Gasteiger partial charge is 0.212 e. The van der Waals surface area contributed by atoms with Crippen molar-refractivity contribution in [1.29, 1.82) is 5.41 Å². The summed E-state index contributed by atoms with van der Waals surface area (Å²) in [5.74, 6) is 0.312. The summed E-state index contributed by atoms with van der Waals surface area (Å²) in [5.41, 5.74) is 5.37. The van der Waals surface area contributed by atoms with E-state index in [2.05, 4.69) is 4.72 Å². The maximum atomic E-state index is 11.6. The van der Waals surface area contributed by atoms with Gasteiger partial charge < -0.3 is 5.73 Å². The molecule has 0 radical (unpaired) electrons. The molecule has 0 aromatic heterocycles. The van der Waals surface area contributed by atoms with Crippen LogP contribution in [0.5, 0.6) is 0 Å². The molecule has 0 spiro atoms. The van der Waals surface area contributed by atoms with Gasteiger partial charge >= 0.3 is 0 Å². The van der Waals surface area contributed by atoms with Gasteiger partial charge in [-0.2, -0.15) is 0 Å². The highest BCUT2D eigenvalue weighted by Gasteiger charge is 2.35. The molecule has 4 N–H and O–H groups in total. The first kappa shape index (κ1) is 12.4. The average Bonchev–Trinajstić information content (AvgIpc) is 2.79. The van der Waals surface area contributed by atoms with Gasteiger partial charge in [0.15, 0.2) is 0 Å². The third-order valence-electron chi connectivity index (χ3n) is 2.29. The van der Waals surface area contributed by atoms with Gasteiger partial charge in [0.25, 0.3) is 0 Å². The number of rotatable bonds is 6. The normalized spacial score (nSPS) is 19.1. The van der Waals surface area contributed by atoms with Crippen LogP contribution in [0.1, 0.15) is 26.7 Å². The van der Waals surface area contributed by atoms with E-state index in [0.717, 1.165) is 12.8 Å². The molecule has 88 valence electrons. The van der Waals surface area contributed by atoms with Crippen molar-refractivity contribution in [1.82, 2.24) is 4.72 Å². The minimum atomic E-state index is -3.30. The Labute approximate surface area is 91.0 Å². The highest BCUT2D eigenvalue weighted by Crippen LogP contribution is 2.32. The van der Waals surface area contributed by atoms with Crippen molar-refractivity contribution >= 4 is 15.9 Å². The lowest BCUT2D eigenvalue weighted by Gasteiger charge is -2.17. The highest BCUT2D eigenvalue weighted by atomic mass is 32.2. The van der Waals surface area contributed by atoms with Crippen LogP contribution < -0.4 is 10.5 Å². The van der Waals surface area contributed by atoms with Crippen molar-refractivity contribution in [2.45, 2.75) is 32.7 Å². The Kier molecular flexibility index (Phi) is 3.72. The first-order valence-corrected chi connectivity index (χ1v) is 6.81. The maximum absolute atomic E-state index is 11.6. The summed E-state index contributed by atoms with van der Waals surface area (Å²) >= 11 is 0. The van der Waals surface area contributed by atoms with Crippen LogP contribution in [0.3, 0.4) is 0 Å². The molecule has 5 nitrogen and oxygen atoms in total. The standard InChI is InChI=1S/C9H19N3O2S/c1-6(2)5-15(13,14)12-8(9(10)11)7-3-4-7/h6-8,12H,3-5H2,1-2H3,(H3,10,11). The summed E-state index contributed by atoms with van der Waals surface area (Å²) < 4.78 is 25.8. The van der Waals surface area contributed by atoms with Crippen LogP contribution >= 0.6 is 0 Å². The molecule has 0 bridgehead atoms. The molecule has 15 heavy (non-hydrogen) atoms. The van der Waals surface area contributed by atoms with E-state index < -0.39 is 16.1 Å². The number of nitrogens with one attached hydrogen (secondary N) is 2. The fraction of sp³-hybridized carbons (Fsp3) is 0.889. The zero-order chi connectivity index (χ0) is 11.6. The molecule has 1 aliphatic carbocycles. The Morgan fingerprint density at radius 1 is 1.53 bits per heavy atom. The SMILES string of the molecule is CC(C)CS(=O)(=O)NC(C(=N)N)C1CC1. The Balaban J connectivity index is 2.61. The minimum absolute atomic E-state index is 0.0781. The molecule has 0 amide bonds. The molecule has 1 saturated carbocycles. The predicted molar refractivity (Wildman–Crippen MR) is 60.2 cm³/mol. The molecule has 1 rings (SSSR count). The molecule has 0 aromatic rings. The van der Waals surface area contributed by atoms with Gasteiger partial charge in [-0.15, -0.1) is 0 Å². The lowest BCUT2D eigenvalue weighted by molar-refractivity contribution is 0.551. The average molecular weight is 233 g/mol. The Hall–Kier alpha value is -0.620. The third kappa shape index (κ3) is 4.17. The van der Waals surface area contributed by atoms with Gasteiger partial charge in [-0.1, -0.05) is 13.8 Å². The topological polar surface area (TPSA) is 96.0 Å². The summed E-state index contributed by atoms with van der Waals surface area (Å²) in [5, 5.41) is 7.34. The van der Waals surface area contributed by atoms with Crippen molar-refractivity contribution < 1.29 is 8.42 Å². The fourth-order valence-corrected chi connectivity index (χ4v) is 3.20. The first-order valence-electron chi connectivity index (χ1n) is 5.15. The van der Waals surface area contributed by atoms with Gasteiger partial charge in [0.1, 0.15) is 5.84 Å². The van der Waals surface area contributed by atoms with Gasteiger partial charge in [-0.05, 0) is 24.7 Å². The van der Waals surface area contributed by atoms with Crippen LogP contribution in [0.25, 0.3) is 0 Å². The van der Waals surface area contributed by atoms with E-state index in [9.17, 15) is 8.42 Å². The molecule has 0 saturated heterocycles. The first-order chi connectivity index (χ1) is 6.82. The van der Waals surface area contributed by atoms with E-state index >= 15 is 0 Å². The molecule has 0 aromatic carbocycles. The van der Waals surface area contributed by atoms with Crippen molar-refractivity contribution in [3.8, 4) is 0 Å². The van der Waals surface area contributed by atoms with Crippen molar-refractivity contribution in [3.63, 3.8) is 0 Å². The van der Waals surface area contributed by atoms with Gasteiger partial charge in [0.05, 0.1) is 11.8 Å². The van der Waals surface area contributed by atoms with Crippen molar-refractivity contribution in [3.05, 3.63) is 0 Å². The second-order valence-corrected chi connectivity index (χ2v) is 6.36. The maximum Gasteiger partial charge on any atom is 0.212 e. The van der Waals surface area contributed by atoms with E-state index in [-0.39, 0.29) is 23.4 Å². The molecule has 1 atom stereocenters. The summed E-state index contributed by atoms with van der Waals surface area (Å²) in [7, 11) is -3.30. The van der Waals surface area contributed by atoms with Crippen molar-refractivity contribution in [2.24, 2.45) is 17.6 Å². The van der Waals surface area contributed by atoms with E-state index in [1.165, 1.54) is 0 Å². The molecule has 1 aliphatic rings. The lowest BCUT2D eigenvalue weighted by atomic mass is 10.2. The van der Waals surface area contributed by atoms with Crippen LogP contribution in [0.2, 0.25) is 0 Å². The van der Waals surface area contributed by atoms with Gasteiger partial charge in [0.2, 0.25) is 10.0 Å². The number of nitrogens with two attached hydrogens (primary N) is 1. The van der Waals surface area contributed by atoms with E-state index in [0.29, 0.717) is 0 Å². The minimum Gasteiger partial charge on any atom is -0.386 e. The van der Waals surface area contributed by atoms with Gasteiger partial charge in [-0.25, -0.2) is 13.1 Å². The molecule has 6 heteroatoms. The van der Waals surface area contributed by atoms with Crippen LogP contribution in [0.15, 0.2) is 0 Å². The van der Waals surface area contributed by atoms with Crippen molar-refractivity contribution in [2.75, 3.05) is 5.75 Å². The van der Waals surface area contributed by atoms with Crippen LogP contribution in [0.4, 0.5) is 0 Å². The second-order valence-electron chi connectivity index (χ2n) is 4.56. The summed E-state index contributed by atoms with van der Waals surface area (Å²) in [4.78, 5) is 0. The molecular weight excluding hydrogens is 214 g/mol. The van der Waals surface area contributed by atoms with E-state index in [1.54, 1.807) is 0 Å². The number of sulfonamides is 1. The Morgan fingerprint density at radius 3 is 2.40 bits per heavy atom. The zero-order valence-corrected chi connectivity index (χ0v) is 9.97. The molecule has 0 heterocycles. The Bertz CT molecular complexity index is 333. The van der Waals surface area contributed by atoms with Crippen LogP contribution in [-0.4, -0.2) is 26.0 Å². The zero-order valence-electron chi connectivity index (χ0n) is 9.16. The largest absolute Gasteiger partial charge is 0.386 e. The molecular formula is C9H19N3O2S. The molecule has 0 aliphatic heterocycles. The number of amidine groups is 1. The summed E-state index contributed by atoms with van der Waals surface area (Å²) in [6.07, 6.45) is 1.91. The number of hydrogen-bond donors (Lipinski definition) is 3. The van der Waals surface area contributed by atoms with Crippen LogP contribution in [0, 0.1) is 17.2 Å². The monoisotopic (exact) mass is 233 g/mol. The van der Waals surface area contributed by atoms with E-state index in [4.69, 9.17) is 11.1 Å². The van der Waals surface area contributed by atoms with Crippen LogP contribution in [-0.2, 0) is 10.0 Å². The quantitative estimate of drug-likeness (QED) is 0.454. The van der Waals surface area contributed by atoms with E-state index in [1.807, 2.05) is 13.8 Å². The molecule has 1 fully saturated rings. The van der Waals surface area contributed by atoms with Gasteiger partial charge in [-0.3, -0.25) is 5.41 Å². The second kappa shape index (κ2) is 4.49. The highest BCUT2D eigenvalue weighted by molar-refractivity contribution is 7.89. The summed E-state index contributed by atoms with van der Waals surface area (Å²) in [6, 6.07) is -0.492. The fourth-order valence-electron chi connectivity index (χ4n) is 1.52. The predicted octanol–water partition coefficient (Wildman–Crippen LogP) is 0.276. The number of hydrogen-bond acceptors (Lipinski definition) is 3.